The molecule has 2 rings (SSSR count). The van der Waals surface area contributed by atoms with E-state index in [2.05, 4.69) is 20.9 Å². The third kappa shape index (κ3) is 6.12. The smallest absolute Gasteiger partial charge is 0.220 e. The zero-order valence-electron chi connectivity index (χ0n) is 14.9. The van der Waals surface area contributed by atoms with Crippen LogP contribution in [-0.2, 0) is 18.4 Å². The van der Waals surface area contributed by atoms with E-state index in [1.54, 1.807) is 7.05 Å². The van der Waals surface area contributed by atoms with Crippen molar-refractivity contribution in [1.29, 1.82) is 0 Å². The summed E-state index contributed by atoms with van der Waals surface area (Å²) in [6.45, 7) is 1.75. The molecule has 1 aromatic rings. The van der Waals surface area contributed by atoms with Gasteiger partial charge in [0, 0.05) is 39.3 Å². The fraction of sp³-hybridized carbons (Fsp3) is 0.647. The minimum atomic E-state index is 0.143. The van der Waals surface area contributed by atoms with Gasteiger partial charge in [-0.25, -0.2) is 0 Å². The number of carbonyl (C=O) groups excluding carboxylic acids is 1. The van der Waals surface area contributed by atoms with E-state index in [4.69, 9.17) is 23.2 Å². The second kappa shape index (κ2) is 9.92. The molecule has 0 radical (unpaired) electrons. The average molecular weight is 388 g/mol. The van der Waals surface area contributed by atoms with Crippen molar-refractivity contribution in [3.63, 3.8) is 0 Å². The molecular formula is C17H27Cl2N5O. The summed E-state index contributed by atoms with van der Waals surface area (Å²) in [5, 5.41) is 10.4. The molecule has 3 N–H and O–H groups in total. The minimum Gasteiger partial charge on any atom is -0.355 e. The highest BCUT2D eigenvalue weighted by molar-refractivity contribution is 6.41. The summed E-state index contributed by atoms with van der Waals surface area (Å²) in [5.41, 5.74) is 0.961. The first-order valence-electron chi connectivity index (χ1n) is 8.72. The summed E-state index contributed by atoms with van der Waals surface area (Å²) in [7, 11) is 3.57. The van der Waals surface area contributed by atoms with Gasteiger partial charge in [-0.1, -0.05) is 36.0 Å². The maximum Gasteiger partial charge on any atom is 0.220 e. The van der Waals surface area contributed by atoms with Gasteiger partial charge in [0.15, 0.2) is 5.96 Å². The van der Waals surface area contributed by atoms with Crippen molar-refractivity contribution in [2.75, 3.05) is 20.1 Å². The Labute approximate surface area is 159 Å². The second-order valence-electron chi connectivity index (χ2n) is 6.39. The third-order valence-electron chi connectivity index (χ3n) is 4.56. The Morgan fingerprint density at radius 3 is 2.52 bits per heavy atom. The quantitative estimate of drug-likeness (QED) is 0.382. The molecule has 1 aromatic heterocycles. The number of aromatic nitrogens is 1. The number of amides is 1. The predicted octanol–water partition coefficient (Wildman–Crippen LogP) is 2.69. The Hall–Kier alpha value is -1.40. The molecule has 140 valence electrons. The first-order chi connectivity index (χ1) is 12.0. The van der Waals surface area contributed by atoms with E-state index in [0.717, 1.165) is 5.69 Å². The van der Waals surface area contributed by atoms with E-state index in [1.165, 1.54) is 25.7 Å². The monoisotopic (exact) mass is 387 g/mol. The summed E-state index contributed by atoms with van der Waals surface area (Å²) in [6.07, 6.45) is 5.56. The minimum absolute atomic E-state index is 0.143. The lowest BCUT2D eigenvalue weighted by Crippen LogP contribution is -2.41. The lowest BCUT2D eigenvalue weighted by Gasteiger charge is -2.13. The highest BCUT2D eigenvalue weighted by Gasteiger charge is 2.18. The van der Waals surface area contributed by atoms with Crippen LogP contribution in [0.3, 0.4) is 0 Å². The standard InChI is InChI=1S/C17H27Cl2N5O/c1-20-17(23-11-13-10-14(18)16(19)24(13)2)22-8-7-21-15(25)9-12-5-3-4-6-12/h10,12H,3-9,11H2,1-2H3,(H,21,25)(H2,20,22,23). The van der Waals surface area contributed by atoms with Gasteiger partial charge >= 0.3 is 0 Å². The first kappa shape index (κ1) is 19.9. The Bertz CT molecular complexity index is 608. The molecule has 1 aliphatic rings. The summed E-state index contributed by atoms with van der Waals surface area (Å²) in [6, 6.07) is 1.83. The lowest BCUT2D eigenvalue weighted by molar-refractivity contribution is -0.121. The molecule has 0 atom stereocenters. The van der Waals surface area contributed by atoms with Gasteiger partial charge in [0.2, 0.25) is 5.91 Å². The van der Waals surface area contributed by atoms with Crippen LogP contribution in [0.15, 0.2) is 11.1 Å². The van der Waals surface area contributed by atoms with Gasteiger partial charge in [0.05, 0.1) is 11.6 Å². The third-order valence-corrected chi connectivity index (χ3v) is 5.41. The van der Waals surface area contributed by atoms with E-state index in [-0.39, 0.29) is 5.91 Å². The van der Waals surface area contributed by atoms with Crippen LogP contribution >= 0.6 is 23.2 Å². The van der Waals surface area contributed by atoms with Crippen molar-refractivity contribution in [3.8, 4) is 0 Å². The van der Waals surface area contributed by atoms with Crippen molar-refractivity contribution < 1.29 is 4.79 Å². The highest BCUT2D eigenvalue weighted by Crippen LogP contribution is 2.27. The Morgan fingerprint density at radius 2 is 1.92 bits per heavy atom. The summed E-state index contributed by atoms with van der Waals surface area (Å²) in [4.78, 5) is 16.1. The van der Waals surface area contributed by atoms with Crippen LogP contribution in [0.1, 0.15) is 37.8 Å². The van der Waals surface area contributed by atoms with E-state index in [1.807, 2.05) is 17.7 Å². The van der Waals surface area contributed by atoms with Gasteiger partial charge in [-0.2, -0.15) is 0 Å². The van der Waals surface area contributed by atoms with Gasteiger partial charge < -0.3 is 20.5 Å². The molecule has 1 fully saturated rings. The van der Waals surface area contributed by atoms with Crippen LogP contribution in [0.5, 0.6) is 0 Å². The van der Waals surface area contributed by atoms with Crippen molar-refractivity contribution >= 4 is 35.1 Å². The number of nitrogens with one attached hydrogen (secondary N) is 3. The Balaban J connectivity index is 1.64. The van der Waals surface area contributed by atoms with Crippen LogP contribution in [0.2, 0.25) is 10.2 Å². The van der Waals surface area contributed by atoms with Crippen LogP contribution in [-0.4, -0.2) is 36.6 Å². The van der Waals surface area contributed by atoms with Crippen LogP contribution in [0, 0.1) is 5.92 Å². The molecule has 0 saturated heterocycles. The molecule has 1 heterocycles. The number of guanidine groups is 1. The summed E-state index contributed by atoms with van der Waals surface area (Å²) in [5.74, 6) is 1.38. The number of halogens is 2. The highest BCUT2D eigenvalue weighted by atomic mass is 35.5. The molecule has 25 heavy (non-hydrogen) atoms. The zero-order chi connectivity index (χ0) is 18.2. The second-order valence-corrected chi connectivity index (χ2v) is 7.16. The fourth-order valence-corrected chi connectivity index (χ4v) is 3.50. The largest absolute Gasteiger partial charge is 0.355 e. The molecule has 0 aliphatic heterocycles. The fourth-order valence-electron chi connectivity index (χ4n) is 3.09. The van der Waals surface area contributed by atoms with E-state index < -0.39 is 0 Å². The molecule has 0 spiro atoms. The first-order valence-corrected chi connectivity index (χ1v) is 9.47. The van der Waals surface area contributed by atoms with E-state index >= 15 is 0 Å². The van der Waals surface area contributed by atoms with Gasteiger partial charge in [0.1, 0.15) is 5.15 Å². The van der Waals surface area contributed by atoms with Crippen molar-refractivity contribution in [2.24, 2.45) is 18.0 Å². The maximum absolute atomic E-state index is 11.9. The molecule has 0 aromatic carbocycles. The number of rotatable bonds is 7. The van der Waals surface area contributed by atoms with E-state index in [9.17, 15) is 4.79 Å². The van der Waals surface area contributed by atoms with Crippen LogP contribution in [0.4, 0.5) is 0 Å². The molecule has 0 bridgehead atoms. The predicted molar refractivity (Wildman–Crippen MR) is 103 cm³/mol. The molecular weight excluding hydrogens is 361 g/mol. The van der Waals surface area contributed by atoms with Gasteiger partial charge in [-0.15, -0.1) is 0 Å². The Kier molecular flexibility index (Phi) is 7.90. The molecule has 1 aliphatic carbocycles. The number of carbonyl (C=O) groups is 1. The zero-order valence-corrected chi connectivity index (χ0v) is 16.4. The van der Waals surface area contributed by atoms with Gasteiger partial charge in [-0.3, -0.25) is 9.79 Å². The molecule has 0 unspecified atom stereocenters. The Morgan fingerprint density at radius 1 is 1.24 bits per heavy atom. The SMILES string of the molecule is CN=C(NCCNC(=O)CC1CCCC1)NCc1cc(Cl)c(Cl)n1C. The number of hydrogen-bond donors (Lipinski definition) is 3. The number of aliphatic imine (C=N–C) groups is 1. The van der Waals surface area contributed by atoms with Crippen molar-refractivity contribution in [2.45, 2.75) is 38.6 Å². The molecule has 8 heteroatoms. The number of hydrogen-bond acceptors (Lipinski definition) is 2. The topological polar surface area (TPSA) is 70.4 Å². The van der Waals surface area contributed by atoms with Gasteiger partial charge in [-0.05, 0) is 24.8 Å². The van der Waals surface area contributed by atoms with Crippen molar-refractivity contribution in [3.05, 3.63) is 21.9 Å². The van der Waals surface area contributed by atoms with Gasteiger partial charge in [0.25, 0.3) is 0 Å². The van der Waals surface area contributed by atoms with Crippen LogP contribution < -0.4 is 16.0 Å². The van der Waals surface area contributed by atoms with E-state index in [0.29, 0.717) is 48.1 Å². The lowest BCUT2D eigenvalue weighted by atomic mass is 10.0. The summed E-state index contributed by atoms with van der Waals surface area (Å²) >= 11 is 12.1. The average Bonchev–Trinajstić information content (AvgIpc) is 3.18. The number of nitrogens with zero attached hydrogens (tertiary/aromatic N) is 2. The normalized spacial score (nSPS) is 15.4. The molecule has 1 saturated carbocycles. The molecule has 1 amide bonds. The van der Waals surface area contributed by atoms with Crippen LogP contribution in [0.25, 0.3) is 0 Å². The maximum atomic E-state index is 11.9. The van der Waals surface area contributed by atoms with Crippen molar-refractivity contribution in [1.82, 2.24) is 20.5 Å². The summed E-state index contributed by atoms with van der Waals surface area (Å²) < 4.78 is 1.83. The molecule has 6 nitrogen and oxygen atoms in total.